The Kier molecular flexibility index (Phi) is 4.64. The number of rotatable bonds is 4. The summed E-state index contributed by atoms with van der Waals surface area (Å²) < 4.78 is 0. The number of hydrogen-bond acceptors (Lipinski definition) is 2. The van der Waals surface area contributed by atoms with Crippen molar-refractivity contribution in [3.05, 3.63) is 35.9 Å². The quantitative estimate of drug-likeness (QED) is 0.900. The second-order valence-corrected chi connectivity index (χ2v) is 6.58. The van der Waals surface area contributed by atoms with E-state index in [1.807, 2.05) is 0 Å². The number of benzene rings is 1. The molecule has 1 aliphatic rings. The highest BCUT2D eigenvalue weighted by molar-refractivity contribution is 5.20. The molecular weight excluding hydrogens is 232 g/mol. The third-order valence-corrected chi connectivity index (χ3v) is 4.67. The van der Waals surface area contributed by atoms with Crippen molar-refractivity contribution in [2.45, 2.75) is 39.8 Å². The van der Waals surface area contributed by atoms with Gasteiger partial charge in [0, 0.05) is 25.2 Å². The van der Waals surface area contributed by atoms with Gasteiger partial charge in [0.2, 0.25) is 0 Å². The van der Waals surface area contributed by atoms with E-state index in [-0.39, 0.29) is 6.04 Å². The Morgan fingerprint density at radius 3 is 2.05 bits per heavy atom. The van der Waals surface area contributed by atoms with Crippen LogP contribution in [0.25, 0.3) is 0 Å². The second-order valence-electron chi connectivity index (χ2n) is 6.58. The summed E-state index contributed by atoms with van der Waals surface area (Å²) in [6, 6.07) is 11.1. The van der Waals surface area contributed by atoms with Gasteiger partial charge >= 0.3 is 0 Å². The van der Waals surface area contributed by atoms with Gasteiger partial charge in [0.05, 0.1) is 0 Å². The second kappa shape index (κ2) is 6.06. The first-order chi connectivity index (χ1) is 9.00. The molecule has 2 N–H and O–H groups in total. The first kappa shape index (κ1) is 14.5. The molecule has 0 aliphatic carbocycles. The molecule has 1 aromatic carbocycles. The average molecular weight is 260 g/mol. The molecular formula is C17H28N2. The molecule has 0 saturated carbocycles. The van der Waals surface area contributed by atoms with Gasteiger partial charge in [0.15, 0.2) is 0 Å². The topological polar surface area (TPSA) is 29.3 Å². The minimum Gasteiger partial charge on any atom is -0.323 e. The van der Waals surface area contributed by atoms with E-state index in [2.05, 4.69) is 62.9 Å². The van der Waals surface area contributed by atoms with Crippen molar-refractivity contribution >= 4 is 0 Å². The van der Waals surface area contributed by atoms with Gasteiger partial charge in [-0.05, 0) is 23.3 Å². The Hall–Kier alpha value is -0.860. The fourth-order valence-corrected chi connectivity index (χ4v) is 3.35. The van der Waals surface area contributed by atoms with E-state index in [9.17, 15) is 0 Å². The summed E-state index contributed by atoms with van der Waals surface area (Å²) in [7, 11) is 0. The lowest BCUT2D eigenvalue weighted by molar-refractivity contribution is 0.155. The zero-order valence-electron chi connectivity index (χ0n) is 12.7. The third kappa shape index (κ3) is 3.18. The summed E-state index contributed by atoms with van der Waals surface area (Å²) in [5.41, 5.74) is 7.83. The number of nitrogens with zero attached hydrogens (tertiary/aromatic N) is 1. The minimum absolute atomic E-state index is 0.110. The summed E-state index contributed by atoms with van der Waals surface area (Å²) in [5.74, 6) is 2.14. The van der Waals surface area contributed by atoms with Gasteiger partial charge in [-0.1, -0.05) is 58.0 Å². The van der Waals surface area contributed by atoms with Crippen LogP contribution in [0.3, 0.4) is 0 Å². The van der Waals surface area contributed by atoms with Gasteiger partial charge in [-0.2, -0.15) is 0 Å². The number of nitrogens with two attached hydrogens (primary N) is 1. The lowest BCUT2D eigenvalue weighted by Crippen LogP contribution is -2.45. The maximum absolute atomic E-state index is 6.57. The molecule has 106 valence electrons. The van der Waals surface area contributed by atoms with E-state index in [1.54, 1.807) is 0 Å². The molecule has 1 saturated heterocycles. The van der Waals surface area contributed by atoms with Gasteiger partial charge < -0.3 is 5.73 Å². The highest BCUT2D eigenvalue weighted by Gasteiger charge is 2.35. The normalized spacial score (nSPS) is 27.7. The van der Waals surface area contributed by atoms with Crippen molar-refractivity contribution in [2.75, 3.05) is 13.1 Å². The lowest BCUT2D eigenvalue weighted by Gasteiger charge is -2.36. The molecule has 2 heteroatoms. The van der Waals surface area contributed by atoms with E-state index < -0.39 is 0 Å². The van der Waals surface area contributed by atoms with Crippen LogP contribution in [0.2, 0.25) is 0 Å². The molecule has 0 spiro atoms. The van der Waals surface area contributed by atoms with Crippen LogP contribution < -0.4 is 5.73 Å². The maximum Gasteiger partial charge on any atom is 0.0455 e. The molecule has 1 fully saturated rings. The highest BCUT2D eigenvalue weighted by atomic mass is 15.2. The van der Waals surface area contributed by atoms with Gasteiger partial charge in [-0.15, -0.1) is 0 Å². The average Bonchev–Trinajstić information content (AvgIpc) is 2.70. The summed E-state index contributed by atoms with van der Waals surface area (Å²) in [6.07, 6.45) is 0. The summed E-state index contributed by atoms with van der Waals surface area (Å²) in [6.45, 7) is 11.7. The first-order valence-corrected chi connectivity index (χ1v) is 7.55. The van der Waals surface area contributed by atoms with Crippen LogP contribution in [-0.4, -0.2) is 24.0 Å². The van der Waals surface area contributed by atoms with Crippen molar-refractivity contribution in [3.63, 3.8) is 0 Å². The van der Waals surface area contributed by atoms with Gasteiger partial charge in [-0.25, -0.2) is 0 Å². The van der Waals surface area contributed by atoms with Crippen LogP contribution >= 0.6 is 0 Å². The van der Waals surface area contributed by atoms with Crippen molar-refractivity contribution in [1.29, 1.82) is 0 Å². The molecule has 0 aromatic heterocycles. The number of likely N-dealkylation sites (tertiary alicyclic amines) is 1. The van der Waals surface area contributed by atoms with Gasteiger partial charge in [0.25, 0.3) is 0 Å². The van der Waals surface area contributed by atoms with Crippen LogP contribution in [-0.2, 0) is 0 Å². The minimum atomic E-state index is 0.110. The first-order valence-electron chi connectivity index (χ1n) is 7.55. The smallest absolute Gasteiger partial charge is 0.0455 e. The molecule has 2 nitrogen and oxygen atoms in total. The highest BCUT2D eigenvalue weighted by Crippen LogP contribution is 2.31. The molecule has 0 radical (unpaired) electrons. The van der Waals surface area contributed by atoms with Gasteiger partial charge in [-0.3, -0.25) is 4.90 Å². The van der Waals surface area contributed by atoms with Crippen LogP contribution in [0.1, 0.15) is 39.3 Å². The third-order valence-electron chi connectivity index (χ3n) is 4.67. The molecule has 0 bridgehead atoms. The van der Waals surface area contributed by atoms with Crippen LogP contribution in [0.4, 0.5) is 0 Å². The predicted octanol–water partition coefficient (Wildman–Crippen LogP) is 3.30. The Bertz CT molecular complexity index is 378. The van der Waals surface area contributed by atoms with E-state index in [1.165, 1.54) is 18.7 Å². The van der Waals surface area contributed by atoms with E-state index in [4.69, 9.17) is 5.73 Å². The summed E-state index contributed by atoms with van der Waals surface area (Å²) >= 11 is 0. The molecule has 0 amide bonds. The molecule has 2 rings (SSSR count). The number of hydrogen-bond donors (Lipinski definition) is 1. The SMILES string of the molecule is CC(C)C(C(N)c1ccccc1)N1CC(C)C(C)C1. The van der Waals surface area contributed by atoms with E-state index in [0.717, 1.165) is 11.8 Å². The monoisotopic (exact) mass is 260 g/mol. The molecule has 19 heavy (non-hydrogen) atoms. The van der Waals surface area contributed by atoms with Crippen molar-refractivity contribution in [3.8, 4) is 0 Å². The fraction of sp³-hybridized carbons (Fsp3) is 0.647. The van der Waals surface area contributed by atoms with Crippen molar-refractivity contribution in [2.24, 2.45) is 23.5 Å². The zero-order valence-corrected chi connectivity index (χ0v) is 12.7. The predicted molar refractivity (Wildman–Crippen MR) is 81.9 cm³/mol. The Morgan fingerprint density at radius 2 is 1.58 bits per heavy atom. The molecule has 1 aromatic rings. The molecule has 4 atom stereocenters. The van der Waals surface area contributed by atoms with E-state index in [0.29, 0.717) is 12.0 Å². The van der Waals surface area contributed by atoms with Gasteiger partial charge in [0.1, 0.15) is 0 Å². The van der Waals surface area contributed by atoms with Crippen LogP contribution in [0, 0.1) is 17.8 Å². The Labute approximate surface area is 118 Å². The molecule has 4 unspecified atom stereocenters. The largest absolute Gasteiger partial charge is 0.323 e. The Balaban J connectivity index is 2.17. The van der Waals surface area contributed by atoms with Crippen molar-refractivity contribution in [1.82, 2.24) is 4.90 Å². The molecule has 1 aliphatic heterocycles. The summed E-state index contributed by atoms with van der Waals surface area (Å²) in [5, 5.41) is 0. The maximum atomic E-state index is 6.57. The Morgan fingerprint density at radius 1 is 1.05 bits per heavy atom. The summed E-state index contributed by atoms with van der Waals surface area (Å²) in [4.78, 5) is 2.61. The van der Waals surface area contributed by atoms with E-state index >= 15 is 0 Å². The fourth-order valence-electron chi connectivity index (χ4n) is 3.35. The lowest BCUT2D eigenvalue weighted by atomic mass is 9.90. The standard InChI is InChI=1S/C17H28N2/c1-12(2)17(19-10-13(3)14(4)11-19)16(18)15-8-6-5-7-9-15/h5-9,12-14,16-17H,10-11,18H2,1-4H3. The van der Waals surface area contributed by atoms with Crippen molar-refractivity contribution < 1.29 is 0 Å². The van der Waals surface area contributed by atoms with Crippen LogP contribution in [0.5, 0.6) is 0 Å². The molecule has 1 heterocycles. The zero-order chi connectivity index (χ0) is 14.0. The van der Waals surface area contributed by atoms with Crippen LogP contribution in [0.15, 0.2) is 30.3 Å².